The molecule has 0 atom stereocenters. The van der Waals surface area contributed by atoms with Gasteiger partial charge in [0.1, 0.15) is 5.75 Å². The van der Waals surface area contributed by atoms with E-state index in [-0.39, 0.29) is 12.1 Å². The Morgan fingerprint density at radius 3 is 2.52 bits per heavy atom. The number of benzene rings is 1. The van der Waals surface area contributed by atoms with Crippen LogP contribution in [0.3, 0.4) is 0 Å². The minimum Gasteiger partial charge on any atom is -0.469 e. The Morgan fingerprint density at radius 2 is 1.96 bits per heavy atom. The Balaban J connectivity index is 0.000000646. The SMILES string of the molecule is CCN(C)C(=O)Oc1ccc2c(c1)N(CCC(=O)OC)CC2.CS(=O)(=O)O. The molecular formula is C17H26N2O7S. The lowest BCUT2D eigenvalue weighted by atomic mass is 10.1. The number of anilines is 1. The zero-order chi connectivity index (χ0) is 20.6. The Morgan fingerprint density at radius 1 is 1.33 bits per heavy atom. The smallest absolute Gasteiger partial charge is 0.414 e. The summed E-state index contributed by atoms with van der Waals surface area (Å²) in [5, 5.41) is 0. The van der Waals surface area contributed by atoms with Crippen LogP contribution >= 0.6 is 0 Å². The lowest BCUT2D eigenvalue weighted by molar-refractivity contribution is -0.140. The summed E-state index contributed by atoms with van der Waals surface area (Å²) in [6.45, 7) is 3.94. The lowest BCUT2D eigenvalue weighted by Crippen LogP contribution is -2.29. The third-order valence-electron chi connectivity index (χ3n) is 3.85. The van der Waals surface area contributed by atoms with Crippen LogP contribution in [0.5, 0.6) is 5.75 Å². The zero-order valence-corrected chi connectivity index (χ0v) is 16.8. The molecule has 0 saturated heterocycles. The number of rotatable bonds is 5. The average molecular weight is 402 g/mol. The molecule has 1 N–H and O–H groups in total. The predicted molar refractivity (Wildman–Crippen MR) is 101 cm³/mol. The van der Waals surface area contributed by atoms with E-state index in [4.69, 9.17) is 9.29 Å². The van der Waals surface area contributed by atoms with Crippen molar-refractivity contribution in [2.45, 2.75) is 19.8 Å². The number of nitrogens with zero attached hydrogens (tertiary/aromatic N) is 2. The van der Waals surface area contributed by atoms with Crippen LogP contribution in [0.2, 0.25) is 0 Å². The molecule has 1 aliphatic heterocycles. The van der Waals surface area contributed by atoms with Crippen LogP contribution in [0.1, 0.15) is 18.9 Å². The fourth-order valence-corrected chi connectivity index (χ4v) is 2.36. The third kappa shape index (κ3) is 8.27. The van der Waals surface area contributed by atoms with Crippen LogP contribution in [-0.2, 0) is 26.1 Å². The molecule has 27 heavy (non-hydrogen) atoms. The van der Waals surface area contributed by atoms with E-state index in [2.05, 4.69) is 9.64 Å². The normalized spacial score (nSPS) is 12.6. The summed E-state index contributed by atoms with van der Waals surface area (Å²) in [5.74, 6) is 0.301. The van der Waals surface area contributed by atoms with Gasteiger partial charge in [0, 0.05) is 38.4 Å². The number of carbonyl (C=O) groups excluding carboxylic acids is 2. The number of esters is 1. The van der Waals surface area contributed by atoms with E-state index in [1.165, 1.54) is 17.6 Å². The Bertz CT molecular complexity index is 757. The molecule has 0 fully saturated rings. The number of carbonyl (C=O) groups is 2. The van der Waals surface area contributed by atoms with Gasteiger partial charge in [-0.15, -0.1) is 0 Å². The molecule has 9 nitrogen and oxygen atoms in total. The number of methoxy groups -OCH3 is 1. The molecule has 0 aliphatic carbocycles. The molecule has 1 heterocycles. The second-order valence-electron chi connectivity index (χ2n) is 5.97. The van der Waals surface area contributed by atoms with Gasteiger partial charge in [0.05, 0.1) is 19.8 Å². The van der Waals surface area contributed by atoms with Crippen LogP contribution in [-0.4, -0.2) is 70.0 Å². The van der Waals surface area contributed by atoms with Crippen LogP contribution in [0, 0.1) is 0 Å². The van der Waals surface area contributed by atoms with Crippen molar-refractivity contribution >= 4 is 27.9 Å². The van der Waals surface area contributed by atoms with E-state index in [1.807, 2.05) is 25.1 Å². The predicted octanol–water partition coefficient (Wildman–Crippen LogP) is 1.57. The summed E-state index contributed by atoms with van der Waals surface area (Å²) in [5.41, 5.74) is 2.22. The molecule has 10 heteroatoms. The molecule has 0 spiro atoms. The van der Waals surface area contributed by atoms with Gasteiger partial charge in [-0.1, -0.05) is 6.07 Å². The molecule has 0 radical (unpaired) electrons. The Hall–Kier alpha value is -2.33. The number of hydrogen-bond acceptors (Lipinski definition) is 7. The monoisotopic (exact) mass is 402 g/mol. The summed E-state index contributed by atoms with van der Waals surface area (Å²) in [6.07, 6.45) is 1.62. The van der Waals surface area contributed by atoms with Gasteiger partial charge in [0.15, 0.2) is 0 Å². The standard InChI is InChI=1S/C16H22N2O4.CH4O3S/c1-4-17(2)16(20)22-13-6-5-12-7-9-18(14(12)11-13)10-8-15(19)21-3;1-5(2,3)4/h5-6,11H,4,7-10H2,1-3H3;1H3,(H,2,3,4). The maximum Gasteiger partial charge on any atom is 0.414 e. The van der Waals surface area contributed by atoms with E-state index < -0.39 is 10.1 Å². The van der Waals surface area contributed by atoms with E-state index >= 15 is 0 Å². The second kappa shape index (κ2) is 10.1. The molecule has 0 unspecified atom stereocenters. The topological polar surface area (TPSA) is 113 Å². The van der Waals surface area contributed by atoms with Crippen molar-refractivity contribution in [1.82, 2.24) is 4.90 Å². The summed E-state index contributed by atoms with van der Waals surface area (Å²) in [4.78, 5) is 26.7. The molecule has 1 aromatic rings. The lowest BCUT2D eigenvalue weighted by Gasteiger charge is -2.20. The first-order valence-electron chi connectivity index (χ1n) is 8.35. The summed E-state index contributed by atoms with van der Waals surface area (Å²) in [7, 11) is -0.583. The van der Waals surface area contributed by atoms with Gasteiger partial charge in [-0.2, -0.15) is 8.42 Å². The molecule has 0 bridgehead atoms. The fourth-order valence-electron chi connectivity index (χ4n) is 2.36. The van der Waals surface area contributed by atoms with E-state index in [9.17, 15) is 18.0 Å². The number of hydrogen-bond donors (Lipinski definition) is 1. The van der Waals surface area contributed by atoms with Gasteiger partial charge in [-0.05, 0) is 25.0 Å². The molecule has 1 amide bonds. The highest BCUT2D eigenvalue weighted by molar-refractivity contribution is 7.85. The van der Waals surface area contributed by atoms with Crippen LogP contribution in [0.25, 0.3) is 0 Å². The van der Waals surface area contributed by atoms with E-state index in [0.29, 0.717) is 31.5 Å². The van der Waals surface area contributed by atoms with E-state index in [1.54, 1.807) is 7.05 Å². The first-order valence-corrected chi connectivity index (χ1v) is 10.2. The Kier molecular flexibility index (Phi) is 8.51. The summed E-state index contributed by atoms with van der Waals surface area (Å²) < 4.78 is 35.9. The van der Waals surface area contributed by atoms with Crippen molar-refractivity contribution in [2.75, 3.05) is 44.9 Å². The number of ether oxygens (including phenoxy) is 2. The van der Waals surface area contributed by atoms with Gasteiger partial charge < -0.3 is 19.3 Å². The zero-order valence-electron chi connectivity index (χ0n) is 16.0. The van der Waals surface area contributed by atoms with Crippen LogP contribution in [0.4, 0.5) is 10.5 Å². The van der Waals surface area contributed by atoms with Crippen molar-refractivity contribution in [1.29, 1.82) is 0 Å². The first kappa shape index (κ1) is 22.7. The second-order valence-corrected chi connectivity index (χ2v) is 7.43. The Labute approximate surface area is 159 Å². The van der Waals surface area contributed by atoms with Crippen molar-refractivity contribution in [3.8, 4) is 5.75 Å². The van der Waals surface area contributed by atoms with Crippen molar-refractivity contribution in [2.24, 2.45) is 0 Å². The van der Waals surface area contributed by atoms with Crippen LogP contribution < -0.4 is 9.64 Å². The fraction of sp³-hybridized carbons (Fsp3) is 0.529. The largest absolute Gasteiger partial charge is 0.469 e. The van der Waals surface area contributed by atoms with Crippen molar-refractivity contribution in [3.05, 3.63) is 23.8 Å². The minimum absolute atomic E-state index is 0.222. The highest BCUT2D eigenvalue weighted by Gasteiger charge is 2.21. The van der Waals surface area contributed by atoms with Gasteiger partial charge in [0.2, 0.25) is 0 Å². The van der Waals surface area contributed by atoms with Crippen molar-refractivity contribution < 1.29 is 32.0 Å². The molecule has 152 valence electrons. The maximum absolute atomic E-state index is 11.8. The molecule has 1 aromatic carbocycles. The highest BCUT2D eigenvalue weighted by atomic mass is 32.2. The first-order chi connectivity index (χ1) is 12.5. The number of amides is 1. The summed E-state index contributed by atoms with van der Waals surface area (Å²) >= 11 is 0. The third-order valence-corrected chi connectivity index (χ3v) is 3.85. The molecule has 2 rings (SSSR count). The molecular weight excluding hydrogens is 376 g/mol. The summed E-state index contributed by atoms with van der Waals surface area (Å²) in [6, 6.07) is 5.65. The molecule has 1 aliphatic rings. The van der Waals surface area contributed by atoms with Gasteiger partial charge in [0.25, 0.3) is 10.1 Å². The van der Waals surface area contributed by atoms with Crippen molar-refractivity contribution in [3.63, 3.8) is 0 Å². The van der Waals surface area contributed by atoms with E-state index in [0.717, 1.165) is 18.7 Å². The molecule has 0 saturated carbocycles. The van der Waals surface area contributed by atoms with Gasteiger partial charge in [-0.3, -0.25) is 9.35 Å². The quantitative estimate of drug-likeness (QED) is 0.583. The number of fused-ring (bicyclic) bond motifs is 1. The molecule has 0 aromatic heterocycles. The van der Waals surface area contributed by atoms with Gasteiger partial charge >= 0.3 is 12.1 Å². The van der Waals surface area contributed by atoms with Crippen LogP contribution in [0.15, 0.2) is 18.2 Å². The highest BCUT2D eigenvalue weighted by Crippen LogP contribution is 2.32. The minimum atomic E-state index is -3.67. The average Bonchev–Trinajstić information content (AvgIpc) is 2.99. The maximum atomic E-state index is 11.8. The van der Waals surface area contributed by atoms with Gasteiger partial charge in [-0.25, -0.2) is 4.79 Å².